The lowest BCUT2D eigenvalue weighted by atomic mass is 9.86. The van der Waals surface area contributed by atoms with Gasteiger partial charge in [-0.2, -0.15) is 0 Å². The van der Waals surface area contributed by atoms with Crippen molar-refractivity contribution in [2.45, 2.75) is 12.0 Å². The maximum Gasteiger partial charge on any atom is 0.410 e. The number of aromatic nitrogens is 1. The number of carbonyl (C=O) groups is 1. The smallest absolute Gasteiger partial charge is 0.410 e. The highest BCUT2D eigenvalue weighted by atomic mass is 16.5. The van der Waals surface area contributed by atoms with E-state index in [1.165, 1.54) is 0 Å². The van der Waals surface area contributed by atoms with E-state index in [0.29, 0.717) is 5.82 Å². The molecule has 0 aromatic carbocycles. The summed E-state index contributed by atoms with van der Waals surface area (Å²) in [6.07, 6.45) is 0.00776. The SMILES string of the molecule is O=C(O)Nc1cccc(N2CC3(CCO3)C2)n1. The summed E-state index contributed by atoms with van der Waals surface area (Å²) in [6.45, 7) is 2.54. The first-order valence-corrected chi connectivity index (χ1v) is 5.53. The van der Waals surface area contributed by atoms with Crippen LogP contribution in [0.2, 0.25) is 0 Å². The van der Waals surface area contributed by atoms with Crippen LogP contribution in [0.4, 0.5) is 16.4 Å². The van der Waals surface area contributed by atoms with Gasteiger partial charge in [0.2, 0.25) is 0 Å². The van der Waals surface area contributed by atoms with Gasteiger partial charge in [-0.25, -0.2) is 9.78 Å². The van der Waals surface area contributed by atoms with Gasteiger partial charge in [-0.3, -0.25) is 5.32 Å². The largest absolute Gasteiger partial charge is 0.465 e. The van der Waals surface area contributed by atoms with Gasteiger partial charge in [0.25, 0.3) is 0 Å². The van der Waals surface area contributed by atoms with Gasteiger partial charge in [-0.1, -0.05) is 6.07 Å². The number of carboxylic acid groups (broad SMARTS) is 1. The molecule has 2 N–H and O–H groups in total. The van der Waals surface area contributed by atoms with E-state index in [0.717, 1.165) is 31.9 Å². The van der Waals surface area contributed by atoms with Crippen LogP contribution >= 0.6 is 0 Å². The summed E-state index contributed by atoms with van der Waals surface area (Å²) in [5.74, 6) is 1.14. The number of nitrogens with one attached hydrogen (secondary N) is 1. The number of nitrogens with zero attached hydrogens (tertiary/aromatic N) is 2. The first-order valence-electron chi connectivity index (χ1n) is 5.53. The quantitative estimate of drug-likeness (QED) is 0.804. The summed E-state index contributed by atoms with van der Waals surface area (Å²) < 4.78 is 5.52. The lowest BCUT2D eigenvalue weighted by Gasteiger charge is -2.55. The van der Waals surface area contributed by atoms with Gasteiger partial charge in [-0.05, 0) is 12.1 Å². The number of rotatable bonds is 2. The van der Waals surface area contributed by atoms with Crippen LogP contribution in [-0.2, 0) is 4.74 Å². The zero-order valence-corrected chi connectivity index (χ0v) is 9.22. The fourth-order valence-corrected chi connectivity index (χ4v) is 2.23. The molecule has 1 spiro atoms. The van der Waals surface area contributed by atoms with Crippen molar-refractivity contribution in [1.82, 2.24) is 4.98 Å². The molecule has 0 saturated carbocycles. The van der Waals surface area contributed by atoms with E-state index in [1.54, 1.807) is 12.1 Å². The zero-order chi connectivity index (χ0) is 11.9. The van der Waals surface area contributed by atoms with Crippen molar-refractivity contribution in [3.05, 3.63) is 18.2 Å². The summed E-state index contributed by atoms with van der Waals surface area (Å²) in [6, 6.07) is 5.30. The van der Waals surface area contributed by atoms with Crippen LogP contribution < -0.4 is 10.2 Å². The van der Waals surface area contributed by atoms with E-state index in [2.05, 4.69) is 15.2 Å². The number of anilines is 2. The molecule has 0 unspecified atom stereocenters. The van der Waals surface area contributed by atoms with Crippen molar-refractivity contribution in [3.63, 3.8) is 0 Å². The van der Waals surface area contributed by atoms with Gasteiger partial charge in [0.1, 0.15) is 17.2 Å². The van der Waals surface area contributed by atoms with Crippen molar-refractivity contribution in [3.8, 4) is 0 Å². The van der Waals surface area contributed by atoms with Crippen molar-refractivity contribution in [2.75, 3.05) is 29.9 Å². The third-order valence-corrected chi connectivity index (χ3v) is 3.22. The molecular formula is C11H13N3O3. The second-order valence-electron chi connectivity index (χ2n) is 4.45. The molecule has 6 heteroatoms. The Balaban J connectivity index is 1.69. The predicted molar refractivity (Wildman–Crippen MR) is 61.4 cm³/mol. The summed E-state index contributed by atoms with van der Waals surface area (Å²) >= 11 is 0. The Hall–Kier alpha value is -1.82. The second-order valence-corrected chi connectivity index (χ2v) is 4.45. The number of hydrogen-bond acceptors (Lipinski definition) is 4. The molecular weight excluding hydrogens is 222 g/mol. The number of pyridine rings is 1. The van der Waals surface area contributed by atoms with Gasteiger partial charge in [0, 0.05) is 6.42 Å². The van der Waals surface area contributed by atoms with E-state index in [9.17, 15) is 4.79 Å². The molecule has 0 aliphatic carbocycles. The van der Waals surface area contributed by atoms with Crippen LogP contribution in [0.3, 0.4) is 0 Å². The third-order valence-electron chi connectivity index (χ3n) is 3.22. The van der Waals surface area contributed by atoms with Crippen LogP contribution in [0.25, 0.3) is 0 Å². The van der Waals surface area contributed by atoms with Crippen molar-refractivity contribution in [2.24, 2.45) is 0 Å². The van der Waals surface area contributed by atoms with Crippen LogP contribution in [0.5, 0.6) is 0 Å². The lowest BCUT2D eigenvalue weighted by molar-refractivity contribution is -0.161. The summed E-state index contributed by atoms with van der Waals surface area (Å²) in [5, 5.41) is 10.9. The number of amides is 1. The monoisotopic (exact) mass is 235 g/mol. The molecule has 1 aromatic rings. The van der Waals surface area contributed by atoms with Crippen molar-refractivity contribution >= 4 is 17.7 Å². The topological polar surface area (TPSA) is 74.7 Å². The molecule has 3 rings (SSSR count). The van der Waals surface area contributed by atoms with Crippen molar-refractivity contribution < 1.29 is 14.6 Å². The Morgan fingerprint density at radius 2 is 2.29 bits per heavy atom. The molecule has 2 saturated heterocycles. The van der Waals surface area contributed by atoms with Gasteiger partial charge >= 0.3 is 6.09 Å². The summed E-state index contributed by atoms with van der Waals surface area (Å²) in [4.78, 5) is 16.8. The summed E-state index contributed by atoms with van der Waals surface area (Å²) in [5.41, 5.74) is 0.0535. The molecule has 2 aliphatic heterocycles. The highest BCUT2D eigenvalue weighted by Gasteiger charge is 2.49. The molecule has 0 bridgehead atoms. The minimum atomic E-state index is -1.10. The fourth-order valence-electron chi connectivity index (χ4n) is 2.23. The van der Waals surface area contributed by atoms with E-state index >= 15 is 0 Å². The molecule has 90 valence electrons. The van der Waals surface area contributed by atoms with Crippen molar-refractivity contribution in [1.29, 1.82) is 0 Å². The molecule has 0 atom stereocenters. The van der Waals surface area contributed by atoms with Crippen LogP contribution in [-0.4, -0.2) is 41.5 Å². The standard InChI is InChI=1S/C11H13N3O3/c15-10(16)13-8-2-1-3-9(12-8)14-6-11(7-14)4-5-17-11/h1-3H,4-7H2,(H,12,13)(H,15,16). The van der Waals surface area contributed by atoms with Gasteiger partial charge in [0.05, 0.1) is 19.7 Å². The fraction of sp³-hybridized carbons (Fsp3) is 0.455. The Kier molecular flexibility index (Phi) is 2.19. The molecule has 3 heterocycles. The first-order chi connectivity index (χ1) is 8.17. The predicted octanol–water partition coefficient (Wildman–Crippen LogP) is 1.15. The second kappa shape index (κ2) is 3.59. The summed E-state index contributed by atoms with van der Waals surface area (Å²) in [7, 11) is 0. The number of hydrogen-bond donors (Lipinski definition) is 2. The minimum absolute atomic E-state index is 0.0535. The molecule has 6 nitrogen and oxygen atoms in total. The molecule has 17 heavy (non-hydrogen) atoms. The number of ether oxygens (including phenoxy) is 1. The molecule has 2 fully saturated rings. The van der Waals surface area contributed by atoms with E-state index in [-0.39, 0.29) is 5.60 Å². The maximum absolute atomic E-state index is 10.5. The molecule has 1 aromatic heterocycles. The van der Waals surface area contributed by atoms with E-state index < -0.39 is 6.09 Å². The van der Waals surface area contributed by atoms with Gasteiger partial charge in [-0.15, -0.1) is 0 Å². The Morgan fingerprint density at radius 3 is 2.88 bits per heavy atom. The third kappa shape index (κ3) is 1.80. The van der Waals surface area contributed by atoms with Gasteiger partial charge in [0.15, 0.2) is 0 Å². The molecule has 1 amide bonds. The lowest BCUT2D eigenvalue weighted by Crippen LogP contribution is -2.68. The van der Waals surface area contributed by atoms with Gasteiger partial charge < -0.3 is 14.7 Å². The first kappa shape index (κ1) is 10.3. The Labute approximate surface area is 98.2 Å². The average molecular weight is 235 g/mol. The average Bonchev–Trinajstić information content (AvgIpc) is 2.12. The van der Waals surface area contributed by atoms with E-state index in [1.807, 2.05) is 6.07 Å². The van der Waals surface area contributed by atoms with E-state index in [4.69, 9.17) is 9.84 Å². The highest BCUT2D eigenvalue weighted by Crippen LogP contribution is 2.38. The Morgan fingerprint density at radius 1 is 1.53 bits per heavy atom. The molecule has 2 aliphatic rings. The maximum atomic E-state index is 10.5. The Bertz CT molecular complexity index is 451. The zero-order valence-electron chi connectivity index (χ0n) is 9.22. The van der Waals surface area contributed by atoms with Crippen LogP contribution in [0, 0.1) is 0 Å². The normalized spacial score (nSPS) is 20.6. The van der Waals surface area contributed by atoms with Crippen LogP contribution in [0.15, 0.2) is 18.2 Å². The van der Waals surface area contributed by atoms with Crippen LogP contribution in [0.1, 0.15) is 6.42 Å². The highest BCUT2D eigenvalue weighted by molar-refractivity contribution is 5.81. The minimum Gasteiger partial charge on any atom is -0.465 e. The molecule has 0 radical (unpaired) electrons.